The Hall–Kier alpha value is -2.99. The molecule has 180 valence electrons. The van der Waals surface area contributed by atoms with Crippen LogP contribution in [0.1, 0.15) is 69.2 Å². The highest BCUT2D eigenvalue weighted by atomic mass is 16.5. The average Bonchev–Trinajstić information content (AvgIpc) is 3.27. The molecule has 1 aliphatic heterocycles. The first-order chi connectivity index (χ1) is 16.2. The fourth-order valence-corrected chi connectivity index (χ4v) is 4.58. The molecule has 1 unspecified atom stereocenters. The van der Waals surface area contributed by atoms with Gasteiger partial charge in [-0.15, -0.1) is 0 Å². The lowest BCUT2D eigenvalue weighted by atomic mass is 9.87. The van der Waals surface area contributed by atoms with Gasteiger partial charge in [0, 0.05) is 11.5 Å². The van der Waals surface area contributed by atoms with Crippen LogP contribution in [0.3, 0.4) is 0 Å². The summed E-state index contributed by atoms with van der Waals surface area (Å²) in [5, 5.41) is 7.39. The topological polar surface area (TPSA) is 71.3 Å². The van der Waals surface area contributed by atoms with Crippen LogP contribution in [0.15, 0.2) is 53.1 Å². The summed E-state index contributed by atoms with van der Waals surface area (Å²) >= 11 is 0. The number of likely N-dealkylation sites (tertiary alicyclic amines) is 1. The van der Waals surface area contributed by atoms with Gasteiger partial charge in [-0.1, -0.05) is 74.5 Å². The van der Waals surface area contributed by atoms with Gasteiger partial charge >= 0.3 is 0 Å². The van der Waals surface area contributed by atoms with Crippen LogP contribution < -0.4 is 5.32 Å². The maximum atomic E-state index is 12.8. The molecule has 0 spiro atoms. The minimum Gasteiger partial charge on any atom is -0.349 e. The number of hydrogen-bond donors (Lipinski definition) is 1. The Morgan fingerprint density at radius 2 is 1.79 bits per heavy atom. The molecular formula is C28H36N4O2. The van der Waals surface area contributed by atoms with Gasteiger partial charge < -0.3 is 9.84 Å². The van der Waals surface area contributed by atoms with E-state index in [2.05, 4.69) is 91.4 Å². The largest absolute Gasteiger partial charge is 0.349 e. The van der Waals surface area contributed by atoms with E-state index in [0.29, 0.717) is 18.3 Å². The molecule has 6 nitrogen and oxygen atoms in total. The van der Waals surface area contributed by atoms with E-state index in [0.717, 1.165) is 31.5 Å². The summed E-state index contributed by atoms with van der Waals surface area (Å²) in [5.74, 6) is 1.43. The first-order valence-electron chi connectivity index (χ1n) is 12.2. The van der Waals surface area contributed by atoms with Crippen LogP contribution in [-0.4, -0.2) is 34.0 Å². The van der Waals surface area contributed by atoms with Crippen molar-refractivity contribution in [2.45, 2.75) is 65.5 Å². The SMILES string of the molecule is Cc1ccccc1C(C)NC(=O)C1CCN(Cc2nc(-c3ccc(C(C)(C)C)cc3)no2)CC1. The smallest absolute Gasteiger partial charge is 0.241 e. The Morgan fingerprint density at radius 1 is 1.12 bits per heavy atom. The third kappa shape index (κ3) is 5.73. The first kappa shape index (κ1) is 24.1. The van der Waals surface area contributed by atoms with E-state index in [1.165, 1.54) is 16.7 Å². The highest BCUT2D eigenvalue weighted by Crippen LogP contribution is 2.26. The van der Waals surface area contributed by atoms with Gasteiger partial charge in [0.05, 0.1) is 12.6 Å². The molecule has 6 heteroatoms. The van der Waals surface area contributed by atoms with Crippen molar-refractivity contribution in [1.82, 2.24) is 20.4 Å². The number of nitrogens with one attached hydrogen (secondary N) is 1. The van der Waals surface area contributed by atoms with Gasteiger partial charge in [-0.2, -0.15) is 4.98 Å². The fourth-order valence-electron chi connectivity index (χ4n) is 4.58. The molecule has 1 amide bonds. The molecule has 1 aromatic heterocycles. The van der Waals surface area contributed by atoms with Gasteiger partial charge in [0.15, 0.2) is 0 Å². The van der Waals surface area contributed by atoms with Crippen LogP contribution in [-0.2, 0) is 16.8 Å². The van der Waals surface area contributed by atoms with Gasteiger partial charge in [-0.25, -0.2) is 0 Å². The van der Waals surface area contributed by atoms with Gasteiger partial charge in [0.1, 0.15) is 0 Å². The maximum Gasteiger partial charge on any atom is 0.241 e. The van der Waals surface area contributed by atoms with E-state index in [-0.39, 0.29) is 23.3 Å². The lowest BCUT2D eigenvalue weighted by Crippen LogP contribution is -2.41. The summed E-state index contributed by atoms with van der Waals surface area (Å²) in [4.78, 5) is 19.7. The van der Waals surface area contributed by atoms with Gasteiger partial charge in [0.25, 0.3) is 0 Å². The molecule has 4 rings (SSSR count). The van der Waals surface area contributed by atoms with E-state index in [1.54, 1.807) is 0 Å². The van der Waals surface area contributed by atoms with Crippen molar-refractivity contribution < 1.29 is 9.32 Å². The molecule has 0 saturated carbocycles. The standard InChI is InChI=1S/C28H36N4O2/c1-19-8-6-7-9-24(19)20(2)29-27(33)22-14-16-32(17-15-22)18-25-30-26(31-34-25)21-10-12-23(13-11-21)28(3,4)5/h6-13,20,22H,14-18H2,1-5H3,(H,29,33). The molecule has 1 atom stereocenters. The molecule has 1 fully saturated rings. The number of aryl methyl sites for hydroxylation is 1. The Balaban J connectivity index is 1.28. The molecule has 1 saturated heterocycles. The predicted octanol–water partition coefficient (Wildman–Crippen LogP) is 5.43. The van der Waals surface area contributed by atoms with E-state index in [1.807, 2.05) is 12.1 Å². The van der Waals surface area contributed by atoms with Crippen LogP contribution in [0.25, 0.3) is 11.4 Å². The lowest BCUT2D eigenvalue weighted by Gasteiger charge is -2.31. The minimum absolute atomic E-state index is 0.0148. The van der Waals surface area contributed by atoms with Crippen molar-refractivity contribution in [3.8, 4) is 11.4 Å². The molecule has 1 N–H and O–H groups in total. The Labute approximate surface area is 202 Å². The normalized spacial score (nSPS) is 16.4. The highest BCUT2D eigenvalue weighted by Gasteiger charge is 2.27. The second-order valence-electron chi connectivity index (χ2n) is 10.5. The van der Waals surface area contributed by atoms with Crippen LogP contribution >= 0.6 is 0 Å². The number of carbonyl (C=O) groups is 1. The van der Waals surface area contributed by atoms with Crippen molar-refractivity contribution >= 4 is 5.91 Å². The third-order valence-corrected chi connectivity index (χ3v) is 6.81. The number of carbonyl (C=O) groups excluding carboxylic acids is 1. The van der Waals surface area contributed by atoms with Crippen LogP contribution in [0.5, 0.6) is 0 Å². The fraction of sp³-hybridized carbons (Fsp3) is 0.464. The molecule has 0 radical (unpaired) electrons. The zero-order valence-corrected chi connectivity index (χ0v) is 21.0. The maximum absolute atomic E-state index is 12.8. The Bertz CT molecular complexity index is 1110. The Kier molecular flexibility index (Phi) is 7.17. The number of amides is 1. The number of nitrogens with zero attached hydrogens (tertiary/aromatic N) is 3. The van der Waals surface area contributed by atoms with Gasteiger partial charge in [0.2, 0.25) is 17.6 Å². The van der Waals surface area contributed by atoms with Crippen molar-refractivity contribution in [2.24, 2.45) is 5.92 Å². The van der Waals surface area contributed by atoms with Crippen LogP contribution in [0.2, 0.25) is 0 Å². The first-order valence-corrected chi connectivity index (χ1v) is 12.2. The second-order valence-corrected chi connectivity index (χ2v) is 10.5. The molecule has 0 aliphatic carbocycles. The van der Waals surface area contributed by atoms with Crippen LogP contribution in [0.4, 0.5) is 0 Å². The van der Waals surface area contributed by atoms with E-state index < -0.39 is 0 Å². The monoisotopic (exact) mass is 460 g/mol. The zero-order valence-electron chi connectivity index (χ0n) is 21.0. The summed E-state index contributed by atoms with van der Waals surface area (Å²) in [7, 11) is 0. The van der Waals surface area contributed by atoms with Crippen molar-refractivity contribution in [1.29, 1.82) is 0 Å². The van der Waals surface area contributed by atoms with Crippen molar-refractivity contribution in [3.63, 3.8) is 0 Å². The average molecular weight is 461 g/mol. The van der Waals surface area contributed by atoms with E-state index in [4.69, 9.17) is 4.52 Å². The second kappa shape index (κ2) is 10.1. The van der Waals surface area contributed by atoms with Gasteiger partial charge in [-0.05, 0) is 61.9 Å². The Morgan fingerprint density at radius 3 is 2.44 bits per heavy atom. The number of aromatic nitrogens is 2. The number of rotatable bonds is 6. The molecule has 2 aromatic carbocycles. The minimum atomic E-state index is 0.0148. The zero-order chi connectivity index (χ0) is 24.3. The molecule has 3 aromatic rings. The molecule has 1 aliphatic rings. The number of piperidine rings is 1. The molecule has 0 bridgehead atoms. The highest BCUT2D eigenvalue weighted by molar-refractivity contribution is 5.79. The summed E-state index contributed by atoms with van der Waals surface area (Å²) in [6.45, 7) is 13.0. The number of hydrogen-bond acceptors (Lipinski definition) is 5. The molecular weight excluding hydrogens is 424 g/mol. The predicted molar refractivity (Wildman–Crippen MR) is 134 cm³/mol. The van der Waals surface area contributed by atoms with Crippen molar-refractivity contribution in [3.05, 3.63) is 71.1 Å². The molecule has 34 heavy (non-hydrogen) atoms. The lowest BCUT2D eigenvalue weighted by molar-refractivity contribution is -0.127. The summed E-state index contributed by atoms with van der Waals surface area (Å²) in [5.41, 5.74) is 4.73. The van der Waals surface area contributed by atoms with Crippen LogP contribution in [0, 0.1) is 12.8 Å². The summed E-state index contributed by atoms with van der Waals surface area (Å²) in [6.07, 6.45) is 1.67. The molecule has 2 heterocycles. The third-order valence-electron chi connectivity index (χ3n) is 6.81. The van der Waals surface area contributed by atoms with E-state index in [9.17, 15) is 4.79 Å². The summed E-state index contributed by atoms with van der Waals surface area (Å²) < 4.78 is 5.52. The quantitative estimate of drug-likeness (QED) is 0.531. The van der Waals surface area contributed by atoms with E-state index >= 15 is 0 Å². The van der Waals surface area contributed by atoms with Gasteiger partial charge in [-0.3, -0.25) is 9.69 Å². The van der Waals surface area contributed by atoms with Crippen molar-refractivity contribution in [2.75, 3.05) is 13.1 Å². The summed E-state index contributed by atoms with van der Waals surface area (Å²) in [6, 6.07) is 16.6. The number of benzene rings is 2.